The molecule has 1 heterocycles. The standard InChI is InChI=1S/C11H15N3O3/c1-2-14(7-5-9(15)16)11(17)10-8(12)4-3-6-13-10/h3-4,6H,2,5,7,12H2,1H3,(H,15,16). The fourth-order valence-corrected chi connectivity index (χ4v) is 1.38. The maximum Gasteiger partial charge on any atom is 0.305 e. The summed E-state index contributed by atoms with van der Waals surface area (Å²) in [4.78, 5) is 27.8. The Hall–Kier alpha value is -2.11. The zero-order chi connectivity index (χ0) is 12.8. The van der Waals surface area contributed by atoms with Crippen LogP contribution in [0.15, 0.2) is 18.3 Å². The Morgan fingerprint density at radius 3 is 2.76 bits per heavy atom. The molecule has 17 heavy (non-hydrogen) atoms. The summed E-state index contributed by atoms with van der Waals surface area (Å²) in [6.45, 7) is 2.35. The summed E-state index contributed by atoms with van der Waals surface area (Å²) in [6.07, 6.45) is 1.39. The van der Waals surface area contributed by atoms with Gasteiger partial charge in [-0.3, -0.25) is 9.59 Å². The van der Waals surface area contributed by atoms with Crippen LogP contribution >= 0.6 is 0 Å². The summed E-state index contributed by atoms with van der Waals surface area (Å²) in [5.41, 5.74) is 6.11. The van der Waals surface area contributed by atoms with Crippen LogP contribution in [0.25, 0.3) is 0 Å². The number of nitrogens with two attached hydrogens (primary N) is 1. The van der Waals surface area contributed by atoms with Crippen molar-refractivity contribution < 1.29 is 14.7 Å². The molecule has 0 aliphatic rings. The van der Waals surface area contributed by atoms with Crippen molar-refractivity contribution in [1.29, 1.82) is 0 Å². The molecule has 0 aliphatic heterocycles. The number of hydrogen-bond donors (Lipinski definition) is 2. The molecular weight excluding hydrogens is 222 g/mol. The summed E-state index contributed by atoms with van der Waals surface area (Å²) < 4.78 is 0. The third kappa shape index (κ3) is 3.44. The number of aromatic nitrogens is 1. The van der Waals surface area contributed by atoms with Gasteiger partial charge >= 0.3 is 5.97 Å². The van der Waals surface area contributed by atoms with Gasteiger partial charge < -0.3 is 15.7 Å². The number of nitrogens with zero attached hydrogens (tertiary/aromatic N) is 2. The van der Waals surface area contributed by atoms with E-state index in [1.807, 2.05) is 0 Å². The van der Waals surface area contributed by atoms with Gasteiger partial charge in [0.05, 0.1) is 12.1 Å². The minimum atomic E-state index is -0.940. The van der Waals surface area contributed by atoms with E-state index in [2.05, 4.69) is 4.98 Å². The van der Waals surface area contributed by atoms with Crippen LogP contribution in [0.4, 0.5) is 5.69 Å². The Labute approximate surface area is 99.1 Å². The molecule has 0 aromatic carbocycles. The van der Waals surface area contributed by atoms with Gasteiger partial charge in [0.15, 0.2) is 5.69 Å². The lowest BCUT2D eigenvalue weighted by Gasteiger charge is -2.19. The Balaban J connectivity index is 2.79. The van der Waals surface area contributed by atoms with Gasteiger partial charge in [-0.05, 0) is 19.1 Å². The highest BCUT2D eigenvalue weighted by Crippen LogP contribution is 2.10. The molecule has 0 bridgehead atoms. The fourth-order valence-electron chi connectivity index (χ4n) is 1.38. The Morgan fingerprint density at radius 1 is 1.53 bits per heavy atom. The van der Waals surface area contributed by atoms with E-state index in [9.17, 15) is 9.59 Å². The number of hydrogen-bond acceptors (Lipinski definition) is 4. The number of amides is 1. The van der Waals surface area contributed by atoms with E-state index in [-0.39, 0.29) is 24.6 Å². The first-order valence-electron chi connectivity index (χ1n) is 5.27. The number of pyridine rings is 1. The molecule has 1 aromatic heterocycles. The predicted molar refractivity (Wildman–Crippen MR) is 62.5 cm³/mol. The topological polar surface area (TPSA) is 96.5 Å². The van der Waals surface area contributed by atoms with Crippen LogP contribution in [-0.2, 0) is 4.79 Å². The molecule has 92 valence electrons. The quantitative estimate of drug-likeness (QED) is 0.781. The maximum absolute atomic E-state index is 12.0. The van der Waals surface area contributed by atoms with Crippen LogP contribution < -0.4 is 5.73 Å². The summed E-state index contributed by atoms with van der Waals surface area (Å²) in [7, 11) is 0. The summed E-state index contributed by atoms with van der Waals surface area (Å²) in [6, 6.07) is 3.23. The lowest BCUT2D eigenvalue weighted by Crippen LogP contribution is -2.33. The van der Waals surface area contributed by atoms with Gasteiger partial charge in [0.25, 0.3) is 5.91 Å². The van der Waals surface area contributed by atoms with E-state index < -0.39 is 5.97 Å². The second-order valence-corrected chi connectivity index (χ2v) is 3.47. The molecule has 0 saturated heterocycles. The highest BCUT2D eigenvalue weighted by Gasteiger charge is 2.18. The SMILES string of the molecule is CCN(CCC(=O)O)C(=O)c1ncccc1N. The molecule has 3 N–H and O–H groups in total. The monoisotopic (exact) mass is 237 g/mol. The van der Waals surface area contributed by atoms with Gasteiger partial charge in [-0.15, -0.1) is 0 Å². The third-order valence-corrected chi connectivity index (χ3v) is 2.31. The van der Waals surface area contributed by atoms with E-state index >= 15 is 0 Å². The van der Waals surface area contributed by atoms with Gasteiger partial charge in [-0.1, -0.05) is 0 Å². The first kappa shape index (κ1) is 13.0. The maximum atomic E-state index is 12.0. The number of carboxylic acids is 1. The minimum Gasteiger partial charge on any atom is -0.481 e. The van der Waals surface area contributed by atoms with Crippen LogP contribution in [-0.4, -0.2) is 40.0 Å². The second-order valence-electron chi connectivity index (χ2n) is 3.47. The van der Waals surface area contributed by atoms with E-state index in [0.717, 1.165) is 0 Å². The summed E-state index contributed by atoms with van der Waals surface area (Å²) in [5.74, 6) is -1.28. The molecule has 0 spiro atoms. The first-order chi connectivity index (χ1) is 8.06. The number of anilines is 1. The van der Waals surface area contributed by atoms with Crippen molar-refractivity contribution in [3.63, 3.8) is 0 Å². The highest BCUT2D eigenvalue weighted by atomic mass is 16.4. The average molecular weight is 237 g/mol. The Bertz CT molecular complexity index is 420. The van der Waals surface area contributed by atoms with Gasteiger partial charge in [0, 0.05) is 19.3 Å². The molecule has 0 atom stereocenters. The average Bonchev–Trinajstić information content (AvgIpc) is 2.29. The number of carboxylic acid groups (broad SMARTS) is 1. The number of carbonyl (C=O) groups excluding carboxylic acids is 1. The summed E-state index contributed by atoms with van der Waals surface area (Å²) in [5, 5.41) is 8.59. The Kier molecular flexibility index (Phi) is 4.45. The molecule has 1 aromatic rings. The fraction of sp³-hybridized carbons (Fsp3) is 0.364. The molecular formula is C11H15N3O3. The lowest BCUT2D eigenvalue weighted by atomic mass is 10.2. The second kappa shape index (κ2) is 5.83. The molecule has 6 heteroatoms. The summed E-state index contributed by atoms with van der Waals surface area (Å²) >= 11 is 0. The van der Waals surface area contributed by atoms with Crippen LogP contribution in [0.3, 0.4) is 0 Å². The smallest absolute Gasteiger partial charge is 0.305 e. The van der Waals surface area contributed by atoms with Crippen molar-refractivity contribution in [3.8, 4) is 0 Å². The highest BCUT2D eigenvalue weighted by molar-refractivity contribution is 5.97. The van der Waals surface area contributed by atoms with Gasteiger partial charge in [0.2, 0.25) is 0 Å². The molecule has 1 rings (SSSR count). The van der Waals surface area contributed by atoms with E-state index in [1.54, 1.807) is 19.1 Å². The zero-order valence-electron chi connectivity index (χ0n) is 9.59. The van der Waals surface area contributed by atoms with Crippen molar-refractivity contribution >= 4 is 17.6 Å². The van der Waals surface area contributed by atoms with Crippen molar-refractivity contribution in [1.82, 2.24) is 9.88 Å². The van der Waals surface area contributed by atoms with Crippen molar-refractivity contribution in [2.75, 3.05) is 18.8 Å². The number of aliphatic carboxylic acids is 1. The number of rotatable bonds is 5. The first-order valence-corrected chi connectivity index (χ1v) is 5.27. The van der Waals surface area contributed by atoms with E-state index in [1.165, 1.54) is 11.1 Å². The Morgan fingerprint density at radius 2 is 2.24 bits per heavy atom. The molecule has 1 amide bonds. The zero-order valence-corrected chi connectivity index (χ0v) is 9.59. The normalized spacial score (nSPS) is 9.94. The van der Waals surface area contributed by atoms with Gasteiger partial charge in [-0.25, -0.2) is 4.98 Å². The molecule has 0 aliphatic carbocycles. The third-order valence-electron chi connectivity index (χ3n) is 2.31. The van der Waals surface area contributed by atoms with Crippen molar-refractivity contribution in [2.45, 2.75) is 13.3 Å². The van der Waals surface area contributed by atoms with E-state index in [0.29, 0.717) is 12.2 Å². The van der Waals surface area contributed by atoms with Gasteiger partial charge in [0.1, 0.15) is 0 Å². The van der Waals surface area contributed by atoms with Gasteiger partial charge in [-0.2, -0.15) is 0 Å². The number of carbonyl (C=O) groups is 2. The van der Waals surface area contributed by atoms with Crippen LogP contribution in [0.5, 0.6) is 0 Å². The molecule has 6 nitrogen and oxygen atoms in total. The largest absolute Gasteiger partial charge is 0.481 e. The number of nitrogen functional groups attached to an aromatic ring is 1. The molecule has 0 saturated carbocycles. The van der Waals surface area contributed by atoms with Crippen LogP contribution in [0, 0.1) is 0 Å². The van der Waals surface area contributed by atoms with Crippen molar-refractivity contribution in [3.05, 3.63) is 24.0 Å². The van der Waals surface area contributed by atoms with Crippen LogP contribution in [0.2, 0.25) is 0 Å². The van der Waals surface area contributed by atoms with Crippen molar-refractivity contribution in [2.24, 2.45) is 0 Å². The van der Waals surface area contributed by atoms with E-state index in [4.69, 9.17) is 10.8 Å². The molecule has 0 fully saturated rings. The lowest BCUT2D eigenvalue weighted by molar-refractivity contribution is -0.137. The molecule has 0 unspecified atom stereocenters. The predicted octanol–water partition coefficient (Wildman–Crippen LogP) is 0.601. The minimum absolute atomic E-state index is 0.0910. The van der Waals surface area contributed by atoms with Crippen LogP contribution in [0.1, 0.15) is 23.8 Å². The molecule has 0 radical (unpaired) electrons.